The van der Waals surface area contributed by atoms with Crippen molar-refractivity contribution < 1.29 is 14.3 Å². The van der Waals surface area contributed by atoms with Crippen LogP contribution >= 0.6 is 0 Å². The number of hydrazone groups is 1. The molecule has 1 aromatic carbocycles. The van der Waals surface area contributed by atoms with E-state index in [4.69, 9.17) is 9.47 Å². The number of hydrogen-bond donors (Lipinski definition) is 2. The molecule has 0 unspecified atom stereocenters. The number of nitrogens with zero attached hydrogens (tertiary/aromatic N) is 1. The Morgan fingerprint density at radius 3 is 2.80 bits per heavy atom. The minimum absolute atomic E-state index is 0.354. The lowest BCUT2D eigenvalue weighted by Crippen LogP contribution is -2.18. The van der Waals surface area contributed by atoms with Crippen molar-refractivity contribution in [2.75, 3.05) is 14.2 Å². The first-order valence-electron chi connectivity index (χ1n) is 5.93. The molecule has 0 saturated carbocycles. The Balaban J connectivity index is 2.09. The fraction of sp³-hybridized carbons (Fsp3) is 0.143. The highest BCUT2D eigenvalue weighted by Crippen LogP contribution is 2.24. The number of carbonyl (C=O) groups excluding carboxylic acids is 1. The van der Waals surface area contributed by atoms with Gasteiger partial charge in [-0.2, -0.15) is 5.10 Å². The highest BCUT2D eigenvalue weighted by atomic mass is 16.5. The molecule has 0 spiro atoms. The van der Waals surface area contributed by atoms with Gasteiger partial charge in [-0.3, -0.25) is 4.79 Å². The fourth-order valence-corrected chi connectivity index (χ4v) is 1.63. The van der Waals surface area contributed by atoms with Crippen LogP contribution in [0.2, 0.25) is 0 Å². The Bertz CT molecular complexity index is 606. The Morgan fingerprint density at radius 1 is 1.30 bits per heavy atom. The van der Waals surface area contributed by atoms with E-state index in [9.17, 15) is 4.79 Å². The number of hydrogen-bond acceptors (Lipinski definition) is 4. The van der Waals surface area contributed by atoms with E-state index in [0.717, 1.165) is 5.69 Å². The van der Waals surface area contributed by atoms with Crippen molar-refractivity contribution in [3.63, 3.8) is 0 Å². The number of ether oxygens (including phenoxy) is 2. The number of benzene rings is 1. The van der Waals surface area contributed by atoms with Gasteiger partial charge in [-0.1, -0.05) is 0 Å². The smallest absolute Gasteiger partial charge is 0.275 e. The highest BCUT2D eigenvalue weighted by Gasteiger charge is 2.12. The first-order chi connectivity index (χ1) is 9.74. The summed E-state index contributed by atoms with van der Waals surface area (Å²) in [5.74, 6) is 0.692. The molecule has 6 heteroatoms. The van der Waals surface area contributed by atoms with Crippen LogP contribution in [0.4, 0.5) is 0 Å². The van der Waals surface area contributed by atoms with Crippen molar-refractivity contribution in [3.05, 3.63) is 47.8 Å². The van der Waals surface area contributed by atoms with Gasteiger partial charge in [0.05, 0.1) is 31.7 Å². The van der Waals surface area contributed by atoms with Crippen molar-refractivity contribution >= 4 is 12.1 Å². The van der Waals surface area contributed by atoms with Crippen LogP contribution in [0, 0.1) is 0 Å². The van der Waals surface area contributed by atoms with Gasteiger partial charge in [-0.05, 0) is 24.3 Å². The van der Waals surface area contributed by atoms with Crippen molar-refractivity contribution in [2.45, 2.75) is 0 Å². The Kier molecular flexibility index (Phi) is 4.39. The summed E-state index contributed by atoms with van der Waals surface area (Å²) in [6, 6.07) is 8.63. The van der Waals surface area contributed by atoms with Gasteiger partial charge >= 0.3 is 0 Å². The molecule has 1 amide bonds. The molecule has 2 N–H and O–H groups in total. The maximum absolute atomic E-state index is 12.0. The van der Waals surface area contributed by atoms with E-state index in [2.05, 4.69) is 15.5 Å². The second kappa shape index (κ2) is 6.42. The van der Waals surface area contributed by atoms with Crippen LogP contribution in [-0.2, 0) is 0 Å². The molecule has 0 fully saturated rings. The van der Waals surface area contributed by atoms with Crippen LogP contribution in [0.3, 0.4) is 0 Å². The van der Waals surface area contributed by atoms with E-state index >= 15 is 0 Å². The largest absolute Gasteiger partial charge is 0.497 e. The topological polar surface area (TPSA) is 75.7 Å². The van der Waals surface area contributed by atoms with Crippen molar-refractivity contribution in [1.29, 1.82) is 0 Å². The standard InChI is InChI=1S/C14H15N3O3/c1-19-11-5-6-12(13(8-11)20-2)14(18)17-16-9-10-4-3-7-15-10/h3-9,15H,1-2H3,(H,17,18). The first kappa shape index (κ1) is 13.7. The van der Waals surface area contributed by atoms with Gasteiger partial charge in [0.15, 0.2) is 0 Å². The van der Waals surface area contributed by atoms with Gasteiger partial charge < -0.3 is 14.5 Å². The van der Waals surface area contributed by atoms with Crippen LogP contribution < -0.4 is 14.9 Å². The molecule has 104 valence electrons. The number of nitrogens with one attached hydrogen (secondary N) is 2. The monoisotopic (exact) mass is 273 g/mol. The van der Waals surface area contributed by atoms with E-state index in [0.29, 0.717) is 17.1 Å². The van der Waals surface area contributed by atoms with Crippen LogP contribution in [0.5, 0.6) is 11.5 Å². The maximum Gasteiger partial charge on any atom is 0.275 e. The SMILES string of the molecule is COc1ccc(C(=O)NN=Cc2ccc[nH]2)c(OC)c1. The zero-order chi connectivity index (χ0) is 14.4. The molecule has 1 heterocycles. The Morgan fingerprint density at radius 2 is 2.15 bits per heavy atom. The number of H-pyrrole nitrogens is 1. The lowest BCUT2D eigenvalue weighted by Gasteiger charge is -2.08. The third kappa shape index (κ3) is 3.17. The van der Waals surface area contributed by atoms with E-state index in [-0.39, 0.29) is 5.91 Å². The predicted molar refractivity (Wildman–Crippen MR) is 75.4 cm³/mol. The molecule has 20 heavy (non-hydrogen) atoms. The molecule has 1 aromatic heterocycles. The third-order valence-electron chi connectivity index (χ3n) is 2.65. The van der Waals surface area contributed by atoms with Crippen LogP contribution in [-0.4, -0.2) is 31.3 Å². The average Bonchev–Trinajstić information content (AvgIpc) is 2.99. The summed E-state index contributed by atoms with van der Waals surface area (Å²) in [6.45, 7) is 0. The number of carbonyl (C=O) groups is 1. The fourth-order valence-electron chi connectivity index (χ4n) is 1.63. The second-order valence-electron chi connectivity index (χ2n) is 3.89. The van der Waals surface area contributed by atoms with Crippen molar-refractivity contribution in [1.82, 2.24) is 10.4 Å². The van der Waals surface area contributed by atoms with Crippen LogP contribution in [0.1, 0.15) is 16.1 Å². The molecule has 0 bridgehead atoms. The first-order valence-corrected chi connectivity index (χ1v) is 5.93. The lowest BCUT2D eigenvalue weighted by molar-refractivity contribution is 0.0952. The molecule has 2 rings (SSSR count). The summed E-state index contributed by atoms with van der Waals surface area (Å²) < 4.78 is 10.2. The Labute approximate surface area is 116 Å². The molecule has 6 nitrogen and oxygen atoms in total. The number of rotatable bonds is 5. The van der Waals surface area contributed by atoms with Crippen molar-refractivity contribution in [2.24, 2.45) is 5.10 Å². The predicted octanol–water partition coefficient (Wildman–Crippen LogP) is 1.80. The molecule has 0 atom stereocenters. The van der Waals surface area contributed by atoms with Gasteiger partial charge in [0.25, 0.3) is 5.91 Å². The van der Waals surface area contributed by atoms with Gasteiger partial charge in [0, 0.05) is 12.3 Å². The molecule has 0 saturated heterocycles. The summed E-state index contributed by atoms with van der Waals surface area (Å²) in [5.41, 5.74) is 3.62. The molecule has 0 aliphatic carbocycles. The normalized spacial score (nSPS) is 10.5. The summed E-state index contributed by atoms with van der Waals surface area (Å²) >= 11 is 0. The molecule has 0 aliphatic rings. The number of aromatic nitrogens is 1. The minimum atomic E-state index is -0.354. The van der Waals surface area contributed by atoms with Gasteiger partial charge in [0.1, 0.15) is 11.5 Å². The average molecular weight is 273 g/mol. The van der Waals surface area contributed by atoms with E-state index in [1.165, 1.54) is 13.3 Å². The highest BCUT2D eigenvalue weighted by molar-refractivity contribution is 5.97. The molecule has 0 radical (unpaired) electrons. The second-order valence-corrected chi connectivity index (χ2v) is 3.89. The van der Waals surface area contributed by atoms with E-state index in [1.807, 2.05) is 12.1 Å². The molecule has 2 aromatic rings. The zero-order valence-corrected chi connectivity index (χ0v) is 11.2. The molecular weight excluding hydrogens is 258 g/mol. The van der Waals surface area contributed by atoms with Gasteiger partial charge in [-0.25, -0.2) is 5.43 Å². The number of amides is 1. The summed E-state index contributed by atoms with van der Waals surface area (Å²) in [5, 5.41) is 3.87. The summed E-state index contributed by atoms with van der Waals surface area (Å²) in [4.78, 5) is 14.9. The molecule has 0 aliphatic heterocycles. The van der Waals surface area contributed by atoms with Gasteiger partial charge in [-0.15, -0.1) is 0 Å². The van der Waals surface area contributed by atoms with E-state index in [1.54, 1.807) is 31.5 Å². The molecular formula is C14H15N3O3. The summed E-state index contributed by atoms with van der Waals surface area (Å²) in [6.07, 6.45) is 3.30. The van der Waals surface area contributed by atoms with Crippen LogP contribution in [0.15, 0.2) is 41.6 Å². The van der Waals surface area contributed by atoms with E-state index < -0.39 is 0 Å². The van der Waals surface area contributed by atoms with Crippen LogP contribution in [0.25, 0.3) is 0 Å². The maximum atomic E-state index is 12.0. The third-order valence-corrected chi connectivity index (χ3v) is 2.65. The zero-order valence-electron chi connectivity index (χ0n) is 11.2. The Hall–Kier alpha value is -2.76. The minimum Gasteiger partial charge on any atom is -0.497 e. The lowest BCUT2D eigenvalue weighted by atomic mass is 10.2. The quantitative estimate of drug-likeness (QED) is 0.644. The van der Waals surface area contributed by atoms with Gasteiger partial charge in [0.2, 0.25) is 0 Å². The summed E-state index contributed by atoms with van der Waals surface area (Å²) in [7, 11) is 3.04. The number of methoxy groups -OCH3 is 2. The van der Waals surface area contributed by atoms with Crippen molar-refractivity contribution in [3.8, 4) is 11.5 Å². The number of aromatic amines is 1.